The fourth-order valence-electron chi connectivity index (χ4n) is 3.33. The summed E-state index contributed by atoms with van der Waals surface area (Å²) in [7, 11) is 0. The van der Waals surface area contributed by atoms with Crippen LogP contribution in [0.4, 0.5) is 0 Å². The monoisotopic (exact) mass is 362 g/mol. The molecule has 0 saturated carbocycles. The van der Waals surface area contributed by atoms with Gasteiger partial charge in [0.15, 0.2) is 5.82 Å². The highest BCUT2D eigenvalue weighted by molar-refractivity contribution is 6.31. The Hall–Kier alpha value is -1.43. The number of benzene rings is 1. The Labute approximate surface area is 155 Å². The van der Waals surface area contributed by atoms with Crippen molar-refractivity contribution in [2.45, 2.75) is 45.7 Å². The molecule has 6 heteroatoms. The van der Waals surface area contributed by atoms with Gasteiger partial charge in [0.1, 0.15) is 0 Å². The zero-order valence-corrected chi connectivity index (χ0v) is 16.2. The minimum Gasteiger partial charge on any atom is -0.338 e. The van der Waals surface area contributed by atoms with Crippen LogP contribution < -0.4 is 0 Å². The molecule has 1 aromatic heterocycles. The smallest absolute Gasteiger partial charge is 0.243 e. The molecule has 0 N–H and O–H groups in total. The summed E-state index contributed by atoms with van der Waals surface area (Å²) >= 11 is 6.36. The molecule has 0 radical (unpaired) electrons. The van der Waals surface area contributed by atoms with Gasteiger partial charge in [-0.1, -0.05) is 48.8 Å². The fraction of sp³-hybridized carbons (Fsp3) is 0.579. The highest BCUT2D eigenvalue weighted by atomic mass is 35.5. The van der Waals surface area contributed by atoms with Crippen LogP contribution in [0, 0.1) is 0 Å². The van der Waals surface area contributed by atoms with Crippen LogP contribution >= 0.6 is 11.6 Å². The Balaban J connectivity index is 1.60. The molecule has 1 fully saturated rings. The maximum atomic E-state index is 6.36. The first-order valence-corrected chi connectivity index (χ1v) is 9.41. The molecule has 136 valence electrons. The predicted octanol–water partition coefficient (Wildman–Crippen LogP) is 4.29. The van der Waals surface area contributed by atoms with E-state index in [-0.39, 0.29) is 12.0 Å². The van der Waals surface area contributed by atoms with Gasteiger partial charge in [-0.3, -0.25) is 9.80 Å². The van der Waals surface area contributed by atoms with Crippen LogP contribution in [0.15, 0.2) is 28.8 Å². The highest BCUT2D eigenvalue weighted by Gasteiger charge is 2.28. The van der Waals surface area contributed by atoms with E-state index in [0.717, 1.165) is 42.9 Å². The molecule has 1 saturated heterocycles. The van der Waals surface area contributed by atoms with E-state index in [1.54, 1.807) is 0 Å². The second-order valence-corrected chi connectivity index (χ2v) is 7.50. The highest BCUT2D eigenvalue weighted by Crippen LogP contribution is 2.29. The van der Waals surface area contributed by atoms with Gasteiger partial charge in [0, 0.05) is 43.2 Å². The lowest BCUT2D eigenvalue weighted by atomic mass is 10.1. The summed E-state index contributed by atoms with van der Waals surface area (Å²) in [6.45, 7) is 12.5. The summed E-state index contributed by atoms with van der Waals surface area (Å²) in [4.78, 5) is 9.44. The lowest BCUT2D eigenvalue weighted by Gasteiger charge is -2.40. The van der Waals surface area contributed by atoms with Crippen LogP contribution in [-0.4, -0.2) is 46.1 Å². The van der Waals surface area contributed by atoms with Gasteiger partial charge in [-0.15, -0.1) is 0 Å². The Morgan fingerprint density at radius 1 is 0.960 bits per heavy atom. The average Bonchev–Trinajstić information content (AvgIpc) is 3.11. The van der Waals surface area contributed by atoms with E-state index in [0.29, 0.717) is 6.04 Å². The number of piperazine rings is 1. The molecule has 2 heterocycles. The Morgan fingerprint density at radius 3 is 2.12 bits per heavy atom. The zero-order chi connectivity index (χ0) is 18.0. The quantitative estimate of drug-likeness (QED) is 0.794. The third-order valence-corrected chi connectivity index (χ3v) is 5.48. The molecule has 1 aliphatic rings. The SMILES string of the molecule is CC(C)c1noc(C(C)N2CCN(C(C)c3ccccc3Cl)CC2)n1. The van der Waals surface area contributed by atoms with Crippen molar-refractivity contribution in [2.24, 2.45) is 0 Å². The minimum atomic E-state index is 0.151. The summed E-state index contributed by atoms with van der Waals surface area (Å²) in [6, 6.07) is 8.59. The van der Waals surface area contributed by atoms with Crippen molar-refractivity contribution in [3.8, 4) is 0 Å². The van der Waals surface area contributed by atoms with Gasteiger partial charge in [-0.05, 0) is 25.5 Å². The van der Waals surface area contributed by atoms with Crippen molar-refractivity contribution in [3.05, 3.63) is 46.6 Å². The number of hydrogen-bond acceptors (Lipinski definition) is 5. The Kier molecular flexibility index (Phi) is 5.77. The molecule has 3 rings (SSSR count). The second kappa shape index (κ2) is 7.85. The van der Waals surface area contributed by atoms with Crippen molar-refractivity contribution < 1.29 is 4.52 Å². The molecule has 1 aliphatic heterocycles. The maximum Gasteiger partial charge on any atom is 0.243 e. The van der Waals surface area contributed by atoms with E-state index in [1.165, 1.54) is 5.56 Å². The first-order valence-electron chi connectivity index (χ1n) is 9.03. The van der Waals surface area contributed by atoms with Crippen LogP contribution in [0.2, 0.25) is 5.02 Å². The lowest BCUT2D eigenvalue weighted by molar-refractivity contribution is 0.0678. The van der Waals surface area contributed by atoms with Crippen LogP contribution in [-0.2, 0) is 0 Å². The normalized spacial score (nSPS) is 19.3. The number of aromatic nitrogens is 2. The van der Waals surface area contributed by atoms with Crippen molar-refractivity contribution >= 4 is 11.6 Å². The van der Waals surface area contributed by atoms with E-state index in [4.69, 9.17) is 16.1 Å². The minimum absolute atomic E-state index is 0.151. The van der Waals surface area contributed by atoms with E-state index in [2.05, 4.69) is 59.8 Å². The summed E-state index contributed by atoms with van der Waals surface area (Å²) < 4.78 is 5.47. The van der Waals surface area contributed by atoms with Gasteiger partial charge < -0.3 is 4.52 Å². The topological polar surface area (TPSA) is 45.4 Å². The summed E-state index contributed by atoms with van der Waals surface area (Å²) in [6.07, 6.45) is 0. The Bertz CT molecular complexity index is 694. The zero-order valence-electron chi connectivity index (χ0n) is 15.4. The van der Waals surface area contributed by atoms with Crippen LogP contribution in [0.1, 0.15) is 63.0 Å². The molecule has 2 atom stereocenters. The summed E-state index contributed by atoms with van der Waals surface area (Å²) in [5, 5.41) is 4.93. The molecule has 0 amide bonds. The van der Waals surface area contributed by atoms with Gasteiger partial charge in [0.05, 0.1) is 6.04 Å². The molecular weight excluding hydrogens is 336 g/mol. The van der Waals surface area contributed by atoms with Crippen LogP contribution in [0.25, 0.3) is 0 Å². The molecular formula is C19H27ClN4O. The lowest BCUT2D eigenvalue weighted by Crippen LogP contribution is -2.47. The number of nitrogens with zero attached hydrogens (tertiary/aromatic N) is 4. The van der Waals surface area contributed by atoms with Crippen molar-refractivity contribution in [2.75, 3.05) is 26.2 Å². The van der Waals surface area contributed by atoms with Gasteiger partial charge in [0.2, 0.25) is 5.89 Å². The molecule has 2 aromatic rings. The largest absolute Gasteiger partial charge is 0.338 e. The molecule has 5 nitrogen and oxygen atoms in total. The molecule has 0 aliphatic carbocycles. The van der Waals surface area contributed by atoms with E-state index in [9.17, 15) is 0 Å². The first kappa shape index (κ1) is 18.4. The van der Waals surface area contributed by atoms with E-state index >= 15 is 0 Å². The number of hydrogen-bond donors (Lipinski definition) is 0. The average molecular weight is 363 g/mol. The van der Waals surface area contributed by atoms with E-state index < -0.39 is 0 Å². The van der Waals surface area contributed by atoms with Gasteiger partial charge >= 0.3 is 0 Å². The van der Waals surface area contributed by atoms with Crippen molar-refractivity contribution in [3.63, 3.8) is 0 Å². The predicted molar refractivity (Wildman–Crippen MR) is 99.8 cm³/mol. The van der Waals surface area contributed by atoms with Crippen molar-refractivity contribution in [1.82, 2.24) is 19.9 Å². The van der Waals surface area contributed by atoms with Gasteiger partial charge in [-0.2, -0.15) is 4.98 Å². The molecule has 2 unspecified atom stereocenters. The molecule has 0 bridgehead atoms. The van der Waals surface area contributed by atoms with Crippen molar-refractivity contribution in [1.29, 1.82) is 0 Å². The molecule has 0 spiro atoms. The van der Waals surface area contributed by atoms with Crippen LogP contribution in [0.5, 0.6) is 0 Å². The third-order valence-electron chi connectivity index (χ3n) is 5.13. The fourth-order valence-corrected chi connectivity index (χ4v) is 3.62. The third kappa shape index (κ3) is 4.05. The number of halogens is 1. The van der Waals surface area contributed by atoms with Crippen LogP contribution in [0.3, 0.4) is 0 Å². The summed E-state index contributed by atoms with van der Waals surface area (Å²) in [5.74, 6) is 1.79. The Morgan fingerprint density at radius 2 is 1.56 bits per heavy atom. The van der Waals surface area contributed by atoms with Gasteiger partial charge in [-0.25, -0.2) is 0 Å². The number of rotatable bonds is 5. The van der Waals surface area contributed by atoms with Gasteiger partial charge in [0.25, 0.3) is 0 Å². The standard InChI is InChI=1S/C19H27ClN4O/c1-13(2)18-21-19(25-22-18)15(4)24-11-9-23(10-12-24)14(3)16-7-5-6-8-17(16)20/h5-8,13-15H,9-12H2,1-4H3. The first-order chi connectivity index (χ1) is 12.0. The molecule has 25 heavy (non-hydrogen) atoms. The maximum absolute atomic E-state index is 6.36. The second-order valence-electron chi connectivity index (χ2n) is 7.09. The van der Waals surface area contributed by atoms with E-state index in [1.807, 2.05) is 12.1 Å². The summed E-state index contributed by atoms with van der Waals surface area (Å²) in [5.41, 5.74) is 1.20. The molecule has 1 aromatic carbocycles.